The van der Waals surface area contributed by atoms with Crippen molar-refractivity contribution in [1.82, 2.24) is 15.2 Å². The van der Waals surface area contributed by atoms with E-state index < -0.39 is 24.0 Å². The van der Waals surface area contributed by atoms with Gasteiger partial charge in [-0.05, 0) is 23.3 Å². The topological polar surface area (TPSA) is 57.3 Å². The summed E-state index contributed by atoms with van der Waals surface area (Å²) in [5, 5.41) is 6.29. The van der Waals surface area contributed by atoms with E-state index in [2.05, 4.69) is 15.6 Å². The molecule has 0 bridgehead atoms. The van der Waals surface area contributed by atoms with Crippen LogP contribution in [0, 0.1) is 5.92 Å². The summed E-state index contributed by atoms with van der Waals surface area (Å²) in [7, 11) is 1.19. The quantitative estimate of drug-likeness (QED) is 0.550. The lowest BCUT2D eigenvalue weighted by atomic mass is 9.98. The number of nitrogens with zero attached hydrogens (tertiary/aromatic N) is 2. The van der Waals surface area contributed by atoms with Crippen molar-refractivity contribution in [2.75, 3.05) is 25.5 Å². The number of benzene rings is 2. The van der Waals surface area contributed by atoms with Crippen LogP contribution in [0.15, 0.2) is 79.0 Å². The first-order valence-corrected chi connectivity index (χ1v) is 10.7. The average molecular weight is 454 g/mol. The predicted molar refractivity (Wildman–Crippen MR) is 121 cm³/mol. The zero-order valence-corrected chi connectivity index (χ0v) is 18.1. The molecule has 2 aromatic carbocycles. The molecule has 1 fully saturated rings. The van der Waals surface area contributed by atoms with Gasteiger partial charge < -0.3 is 15.5 Å². The van der Waals surface area contributed by atoms with Gasteiger partial charge in [-0.25, -0.2) is 0 Å². The number of carbonyl (C=O) groups excluding carboxylic acids is 1. The van der Waals surface area contributed by atoms with Gasteiger partial charge in [0.25, 0.3) is 0 Å². The molecule has 1 amide bonds. The molecule has 33 heavy (non-hydrogen) atoms. The van der Waals surface area contributed by atoms with Crippen LogP contribution in [0.25, 0.3) is 0 Å². The molecule has 0 saturated carbocycles. The first-order valence-electron chi connectivity index (χ1n) is 10.7. The molecule has 5 nitrogen and oxygen atoms in total. The minimum Gasteiger partial charge on any atom is -0.373 e. The van der Waals surface area contributed by atoms with Gasteiger partial charge in [0.1, 0.15) is 0 Å². The lowest BCUT2D eigenvalue weighted by Crippen LogP contribution is -2.53. The van der Waals surface area contributed by atoms with Crippen LogP contribution in [-0.4, -0.2) is 42.1 Å². The molecule has 0 unspecified atom stereocenters. The van der Waals surface area contributed by atoms with Gasteiger partial charge in [-0.15, -0.1) is 0 Å². The molecule has 172 valence electrons. The summed E-state index contributed by atoms with van der Waals surface area (Å²) in [6.07, 6.45) is -3.25. The van der Waals surface area contributed by atoms with Gasteiger partial charge in [0.15, 0.2) is 6.04 Å². The van der Waals surface area contributed by atoms with Crippen LogP contribution in [0.4, 0.5) is 18.9 Å². The maximum absolute atomic E-state index is 13.9. The highest BCUT2D eigenvalue weighted by atomic mass is 19.4. The third kappa shape index (κ3) is 5.17. The summed E-state index contributed by atoms with van der Waals surface area (Å²) in [5.74, 6) is -0.966. The summed E-state index contributed by atoms with van der Waals surface area (Å²) >= 11 is 0. The van der Waals surface area contributed by atoms with Crippen molar-refractivity contribution in [2.24, 2.45) is 5.92 Å². The van der Waals surface area contributed by atoms with Crippen molar-refractivity contribution in [3.8, 4) is 0 Å². The van der Waals surface area contributed by atoms with E-state index in [1.807, 2.05) is 60.7 Å². The Kier molecular flexibility index (Phi) is 6.65. The Morgan fingerprint density at radius 2 is 1.58 bits per heavy atom. The summed E-state index contributed by atoms with van der Waals surface area (Å²) in [5.41, 5.74) is 2.39. The van der Waals surface area contributed by atoms with E-state index in [-0.39, 0.29) is 11.7 Å². The smallest absolute Gasteiger partial charge is 0.373 e. The minimum atomic E-state index is -4.64. The number of anilines is 1. The number of alkyl halides is 3. The van der Waals surface area contributed by atoms with Crippen molar-refractivity contribution in [2.45, 2.75) is 18.3 Å². The van der Waals surface area contributed by atoms with Crippen LogP contribution in [0.5, 0.6) is 0 Å². The Morgan fingerprint density at radius 1 is 1.00 bits per heavy atom. The molecule has 1 aliphatic heterocycles. The van der Waals surface area contributed by atoms with Crippen LogP contribution in [0.3, 0.4) is 0 Å². The highest BCUT2D eigenvalue weighted by molar-refractivity contribution is 5.80. The largest absolute Gasteiger partial charge is 0.414 e. The first kappa shape index (κ1) is 22.8. The van der Waals surface area contributed by atoms with E-state index >= 15 is 0 Å². The van der Waals surface area contributed by atoms with Gasteiger partial charge in [-0.1, -0.05) is 60.7 Å². The second kappa shape index (κ2) is 9.62. The van der Waals surface area contributed by atoms with Crippen LogP contribution in [0.1, 0.15) is 28.9 Å². The van der Waals surface area contributed by atoms with Crippen LogP contribution < -0.4 is 10.6 Å². The second-order valence-electron chi connectivity index (χ2n) is 8.12. The standard InChI is InChI=1S/C25H25F3N4O/c1-32(24(33)19-14-29-15-19)23(25(26,27)28)21-13-12-20(16-30-21)31-22(17-8-4-2-5-9-17)18-10-6-3-7-11-18/h2-13,16,19,22-23,29,31H,14-15H2,1H3/t23-/m0/s1. The zero-order valence-electron chi connectivity index (χ0n) is 18.1. The summed E-state index contributed by atoms with van der Waals surface area (Å²) in [4.78, 5) is 17.3. The van der Waals surface area contributed by atoms with Crippen LogP contribution >= 0.6 is 0 Å². The molecular weight excluding hydrogens is 429 g/mol. The normalized spacial score (nSPS) is 15.1. The molecule has 0 spiro atoms. The third-order valence-electron chi connectivity index (χ3n) is 5.82. The van der Waals surface area contributed by atoms with Gasteiger partial charge in [0.05, 0.1) is 29.5 Å². The van der Waals surface area contributed by atoms with Crippen molar-refractivity contribution < 1.29 is 18.0 Å². The van der Waals surface area contributed by atoms with Gasteiger partial charge >= 0.3 is 6.18 Å². The first-order chi connectivity index (χ1) is 15.8. The monoisotopic (exact) mass is 454 g/mol. The Hall–Kier alpha value is -3.39. The lowest BCUT2D eigenvalue weighted by molar-refractivity contribution is -0.191. The van der Waals surface area contributed by atoms with Gasteiger partial charge in [-0.3, -0.25) is 9.78 Å². The molecule has 0 radical (unpaired) electrons. The molecule has 1 aromatic heterocycles. The van der Waals surface area contributed by atoms with E-state index in [9.17, 15) is 18.0 Å². The number of aromatic nitrogens is 1. The maximum atomic E-state index is 13.9. The number of pyridine rings is 1. The number of hydrogen-bond acceptors (Lipinski definition) is 4. The van der Waals surface area contributed by atoms with Crippen molar-refractivity contribution >= 4 is 11.6 Å². The Labute approximate surface area is 190 Å². The van der Waals surface area contributed by atoms with Gasteiger partial charge in [-0.2, -0.15) is 13.2 Å². The van der Waals surface area contributed by atoms with Crippen molar-refractivity contribution in [3.63, 3.8) is 0 Å². The number of rotatable bonds is 7. The maximum Gasteiger partial charge on any atom is 0.414 e. The van der Waals surface area contributed by atoms with Gasteiger partial charge in [0.2, 0.25) is 5.91 Å². The van der Waals surface area contributed by atoms with E-state index in [1.165, 1.54) is 19.3 Å². The lowest BCUT2D eigenvalue weighted by Gasteiger charge is -2.35. The Bertz CT molecular complexity index is 1020. The van der Waals surface area contributed by atoms with E-state index in [4.69, 9.17) is 0 Å². The van der Waals surface area contributed by atoms with Gasteiger partial charge in [0, 0.05) is 20.1 Å². The molecule has 8 heteroatoms. The second-order valence-corrected chi connectivity index (χ2v) is 8.12. The van der Waals surface area contributed by atoms with Crippen molar-refractivity contribution in [3.05, 3.63) is 95.8 Å². The van der Waals surface area contributed by atoms with E-state index in [0.29, 0.717) is 18.8 Å². The zero-order chi connectivity index (χ0) is 23.4. The Morgan fingerprint density at radius 3 is 2.00 bits per heavy atom. The van der Waals surface area contributed by atoms with Crippen LogP contribution in [0.2, 0.25) is 0 Å². The molecule has 3 aromatic rings. The molecule has 1 atom stereocenters. The molecule has 2 heterocycles. The predicted octanol–water partition coefficient (Wildman–Crippen LogP) is 4.56. The summed E-state index contributed by atoms with van der Waals surface area (Å²) in [6, 6.07) is 20.2. The average Bonchev–Trinajstić information content (AvgIpc) is 2.77. The fraction of sp³-hybridized carbons (Fsp3) is 0.280. The highest BCUT2D eigenvalue weighted by Crippen LogP contribution is 2.37. The van der Waals surface area contributed by atoms with E-state index in [1.54, 1.807) is 6.07 Å². The number of hydrogen-bond donors (Lipinski definition) is 2. The summed E-state index contributed by atoms with van der Waals surface area (Å²) in [6.45, 7) is 0.787. The van der Waals surface area contributed by atoms with E-state index in [0.717, 1.165) is 16.0 Å². The highest BCUT2D eigenvalue weighted by Gasteiger charge is 2.47. The summed E-state index contributed by atoms with van der Waals surface area (Å²) < 4.78 is 41.7. The Balaban J connectivity index is 1.58. The van der Waals surface area contributed by atoms with Crippen molar-refractivity contribution in [1.29, 1.82) is 0 Å². The number of halogens is 3. The third-order valence-corrected chi connectivity index (χ3v) is 5.82. The number of carbonyl (C=O) groups is 1. The SMILES string of the molecule is CN(C(=O)C1CNC1)[C@@H](c1ccc(NC(c2ccccc2)c2ccccc2)cn1)C(F)(F)F. The number of amides is 1. The molecule has 2 N–H and O–H groups in total. The molecule has 1 saturated heterocycles. The number of nitrogens with one attached hydrogen (secondary N) is 2. The molecule has 4 rings (SSSR count). The fourth-order valence-electron chi connectivity index (χ4n) is 3.93. The molecule has 1 aliphatic rings. The minimum absolute atomic E-state index is 0.200. The fourth-order valence-corrected chi connectivity index (χ4v) is 3.93. The molecule has 0 aliphatic carbocycles. The molecular formula is C25H25F3N4O. The van der Waals surface area contributed by atoms with Crippen LogP contribution in [-0.2, 0) is 4.79 Å².